The fourth-order valence-electron chi connectivity index (χ4n) is 9.31. The van der Waals surface area contributed by atoms with Crippen molar-refractivity contribution in [1.82, 2.24) is 0 Å². The van der Waals surface area contributed by atoms with Crippen LogP contribution in [0.2, 0.25) is 0 Å². The van der Waals surface area contributed by atoms with Gasteiger partial charge in [0.2, 0.25) is 0 Å². The van der Waals surface area contributed by atoms with E-state index in [9.17, 15) is 10.2 Å². The van der Waals surface area contributed by atoms with Gasteiger partial charge in [-0.05, 0) is 43.1 Å². The lowest BCUT2D eigenvalue weighted by molar-refractivity contribution is -0.306. The van der Waals surface area contributed by atoms with Crippen LogP contribution in [0.5, 0.6) is 0 Å². The second-order valence-electron chi connectivity index (χ2n) is 13.2. The zero-order valence-corrected chi connectivity index (χ0v) is 23.2. The van der Waals surface area contributed by atoms with Crippen LogP contribution < -0.4 is 0 Å². The van der Waals surface area contributed by atoms with E-state index >= 15 is 0 Å². The lowest BCUT2D eigenvalue weighted by Crippen LogP contribution is -2.73. The van der Waals surface area contributed by atoms with Crippen molar-refractivity contribution >= 4 is 6.15 Å². The van der Waals surface area contributed by atoms with Crippen LogP contribution in [0.3, 0.4) is 0 Å². The summed E-state index contributed by atoms with van der Waals surface area (Å²) in [4.78, 5) is 16.2. The summed E-state index contributed by atoms with van der Waals surface area (Å²) >= 11 is 0. The minimum Gasteiger partial charge on any atom is -0.392 e. The van der Waals surface area contributed by atoms with E-state index in [2.05, 4.69) is 85.7 Å². The van der Waals surface area contributed by atoms with Crippen LogP contribution >= 0.6 is 0 Å². The Morgan fingerprint density at radius 3 is 2.14 bits per heavy atom. The minimum absolute atomic E-state index is 0.00194. The topological polar surface area (TPSA) is 83.8 Å². The maximum atomic E-state index is 13.1. The van der Waals surface area contributed by atoms with Crippen LogP contribution in [-0.2, 0) is 14.3 Å². The van der Waals surface area contributed by atoms with E-state index in [1.54, 1.807) is 0 Å². The number of aliphatic hydroxyl groups is 2. The van der Waals surface area contributed by atoms with E-state index in [4.69, 9.17) is 14.3 Å². The molecule has 36 heavy (non-hydrogen) atoms. The van der Waals surface area contributed by atoms with Gasteiger partial charge in [-0.15, -0.1) is 0 Å². The maximum Gasteiger partial charge on any atom is 0.373 e. The van der Waals surface area contributed by atoms with Gasteiger partial charge in [-0.1, -0.05) is 89.9 Å². The van der Waals surface area contributed by atoms with Gasteiger partial charge in [0.25, 0.3) is 0 Å². The third kappa shape index (κ3) is 3.39. The molecule has 0 amide bonds. The van der Waals surface area contributed by atoms with Crippen molar-refractivity contribution in [3.8, 4) is 0 Å². The minimum atomic E-state index is -0.914. The van der Waals surface area contributed by atoms with Crippen LogP contribution in [-0.4, -0.2) is 40.8 Å². The van der Waals surface area contributed by atoms with Crippen molar-refractivity contribution in [2.75, 3.05) is 6.61 Å². The number of ether oxygens (including phenoxy) is 1. The van der Waals surface area contributed by atoms with Crippen molar-refractivity contribution in [2.45, 2.75) is 92.0 Å². The van der Waals surface area contributed by atoms with Gasteiger partial charge >= 0.3 is 6.15 Å². The molecule has 2 N–H and O–H groups in total. The molecular formula is C31H44O5. The molecule has 3 fully saturated rings. The lowest BCUT2D eigenvalue weighted by Gasteiger charge is -2.71. The summed E-state index contributed by atoms with van der Waals surface area (Å²) in [5.41, 5.74) is 2.10. The molecule has 10 atom stereocenters. The van der Waals surface area contributed by atoms with Crippen LogP contribution in [0.15, 0.2) is 41.5 Å². The number of aliphatic hydroxyl groups excluding tert-OH is 1. The lowest BCUT2D eigenvalue weighted by atomic mass is 9.37. The van der Waals surface area contributed by atoms with Gasteiger partial charge in [0, 0.05) is 28.1 Å². The van der Waals surface area contributed by atoms with Crippen molar-refractivity contribution in [2.24, 2.45) is 39.9 Å². The van der Waals surface area contributed by atoms with Crippen LogP contribution in [0.1, 0.15) is 79.7 Å². The van der Waals surface area contributed by atoms with Gasteiger partial charge in [0.1, 0.15) is 0 Å². The van der Waals surface area contributed by atoms with Crippen molar-refractivity contribution < 1.29 is 24.5 Å². The number of allylic oxidation sites excluding steroid dienone is 1. The molecule has 1 aliphatic heterocycles. The zero-order valence-electron chi connectivity index (χ0n) is 23.2. The highest BCUT2D eigenvalue weighted by atomic mass is 16.5. The molecule has 1 unspecified atom stereocenters. The molecule has 0 radical (unpaired) electrons. The summed E-state index contributed by atoms with van der Waals surface area (Å²) in [5, 5.41) is 25.4. The predicted molar refractivity (Wildman–Crippen MR) is 138 cm³/mol. The first-order valence-corrected chi connectivity index (χ1v) is 13.5. The Morgan fingerprint density at radius 1 is 1.03 bits per heavy atom. The SMILES string of the molecule is CC1=C2[C@@H](C)[C@H](O)[C@@]3(C)C([C@H](c4ccccc4)[C@](O)(C[C@@H]1C)C2(C)C)[C@]1(C)CO[C@@H]1C[C@@H]3C.O=C=O. The largest absolute Gasteiger partial charge is 0.392 e. The highest BCUT2D eigenvalue weighted by Crippen LogP contribution is 2.71. The Balaban J connectivity index is 0.000000967. The zero-order chi connectivity index (χ0) is 26.8. The average molecular weight is 497 g/mol. The highest BCUT2D eigenvalue weighted by molar-refractivity contribution is 5.41. The molecule has 2 bridgehead atoms. The van der Waals surface area contributed by atoms with E-state index in [1.165, 1.54) is 16.7 Å². The molecule has 1 heterocycles. The molecule has 1 saturated heterocycles. The van der Waals surface area contributed by atoms with Crippen molar-refractivity contribution in [3.63, 3.8) is 0 Å². The Hall–Kier alpha value is -1.78. The molecule has 0 aromatic heterocycles. The first kappa shape index (κ1) is 27.3. The number of carbonyl (C=O) groups excluding carboxylic acids is 2. The number of rotatable bonds is 1. The van der Waals surface area contributed by atoms with Crippen molar-refractivity contribution in [1.29, 1.82) is 0 Å². The van der Waals surface area contributed by atoms with Crippen LogP contribution in [0.25, 0.3) is 0 Å². The molecule has 5 heteroatoms. The molecule has 5 rings (SSSR count). The normalized spacial score (nSPS) is 47.0. The number of hydrogen-bond donors (Lipinski definition) is 2. The van der Waals surface area contributed by atoms with Crippen LogP contribution in [0.4, 0.5) is 0 Å². The summed E-state index contributed by atoms with van der Waals surface area (Å²) in [6.07, 6.45) is 1.70. The first-order chi connectivity index (χ1) is 16.7. The third-order valence-electron chi connectivity index (χ3n) is 11.5. The second kappa shape index (κ2) is 8.91. The predicted octanol–water partition coefficient (Wildman–Crippen LogP) is 5.38. The van der Waals surface area contributed by atoms with E-state index in [1.807, 2.05) is 0 Å². The summed E-state index contributed by atoms with van der Waals surface area (Å²) in [6, 6.07) is 10.7. The van der Waals surface area contributed by atoms with Crippen LogP contribution in [0, 0.1) is 39.9 Å². The Morgan fingerprint density at radius 2 is 1.61 bits per heavy atom. The fourth-order valence-corrected chi connectivity index (χ4v) is 9.31. The maximum absolute atomic E-state index is 13.1. The summed E-state index contributed by atoms with van der Waals surface area (Å²) in [6.45, 7) is 18.9. The van der Waals surface area contributed by atoms with Gasteiger partial charge in [0.15, 0.2) is 0 Å². The smallest absolute Gasteiger partial charge is 0.373 e. The number of hydrogen-bond acceptors (Lipinski definition) is 5. The summed E-state index contributed by atoms with van der Waals surface area (Å²) in [5.74, 6) is 0.621. The monoisotopic (exact) mass is 496 g/mol. The Bertz CT molecular complexity index is 1060. The third-order valence-corrected chi connectivity index (χ3v) is 11.5. The Labute approximate surface area is 216 Å². The van der Waals surface area contributed by atoms with Gasteiger partial charge in [-0.25, -0.2) is 0 Å². The molecule has 198 valence electrons. The molecule has 3 aliphatic carbocycles. The summed E-state index contributed by atoms with van der Waals surface area (Å²) < 4.78 is 6.17. The quantitative estimate of drug-likeness (QED) is 0.510. The molecule has 1 aromatic rings. The summed E-state index contributed by atoms with van der Waals surface area (Å²) in [7, 11) is 0. The second-order valence-corrected chi connectivity index (χ2v) is 13.2. The molecule has 5 nitrogen and oxygen atoms in total. The molecule has 0 spiro atoms. The van der Waals surface area contributed by atoms with Gasteiger partial charge in [0.05, 0.1) is 24.4 Å². The van der Waals surface area contributed by atoms with Crippen molar-refractivity contribution in [3.05, 3.63) is 47.0 Å². The van der Waals surface area contributed by atoms with Gasteiger partial charge in [-0.3, -0.25) is 0 Å². The van der Waals surface area contributed by atoms with E-state index in [0.29, 0.717) is 12.5 Å². The molecule has 4 aliphatic rings. The average Bonchev–Trinajstić information content (AvgIpc) is 2.82. The number of fused-ring (bicyclic) bond motifs is 5. The standard InChI is InChI=1S/C30H44O3.CO2/c1-17-15-30(32)24(21-12-10-9-11-13-21)25-28(7)16-33-22(28)14-18(2)29(25,8)26(31)20(4)23(19(17)3)27(30,5)6;2-1-3/h9-13,17-18,20,22,24-26,31-32H,14-16H2,1-8H3;/t17-,18-,20+,22+,24-,25?,26-,28+,29+,30+;/m0./s1. The highest BCUT2D eigenvalue weighted by Gasteiger charge is 2.72. The molecule has 1 aromatic carbocycles. The fraction of sp³-hybridized carbons (Fsp3) is 0.710. The van der Waals surface area contributed by atoms with Gasteiger partial charge < -0.3 is 14.9 Å². The Kier molecular flexibility index (Phi) is 6.75. The molecular weight excluding hydrogens is 452 g/mol. The van der Waals surface area contributed by atoms with E-state index in [-0.39, 0.29) is 46.8 Å². The first-order valence-electron chi connectivity index (χ1n) is 13.5. The van der Waals surface area contributed by atoms with E-state index in [0.717, 1.165) is 12.8 Å². The number of benzene rings is 1. The van der Waals surface area contributed by atoms with E-state index < -0.39 is 17.1 Å². The van der Waals surface area contributed by atoms with Gasteiger partial charge in [-0.2, -0.15) is 9.59 Å². The molecule has 2 saturated carbocycles.